The normalized spacial score (nSPS) is 17.9. The lowest BCUT2D eigenvalue weighted by molar-refractivity contribution is 0.332. The third-order valence-corrected chi connectivity index (χ3v) is 17.7. The molecule has 8 aromatic carbocycles. The summed E-state index contributed by atoms with van der Waals surface area (Å²) in [5.41, 5.74) is 24.1. The molecular formula is C65H59BN2O2. The highest BCUT2D eigenvalue weighted by molar-refractivity contribution is 6.94. The van der Waals surface area contributed by atoms with E-state index in [1.165, 1.54) is 85.5 Å². The molecule has 0 radical (unpaired) electrons. The van der Waals surface area contributed by atoms with E-state index >= 15 is 0 Å². The van der Waals surface area contributed by atoms with E-state index in [0.717, 1.165) is 73.5 Å². The van der Waals surface area contributed by atoms with Crippen LogP contribution in [0.5, 0.6) is 0 Å². The molecule has 0 N–H and O–H groups in total. The summed E-state index contributed by atoms with van der Waals surface area (Å²) < 4.78 is 14.0. The first-order valence-corrected chi connectivity index (χ1v) is 25.6. The molecule has 0 saturated carbocycles. The minimum absolute atomic E-state index is 0.0156. The summed E-state index contributed by atoms with van der Waals surface area (Å²) in [4.78, 5) is 5.33. The topological polar surface area (TPSA) is 32.8 Å². The Labute approximate surface area is 412 Å². The highest BCUT2D eigenvalue weighted by atomic mass is 16.3. The third-order valence-electron chi connectivity index (χ3n) is 17.7. The van der Waals surface area contributed by atoms with Crippen molar-refractivity contribution in [1.82, 2.24) is 0 Å². The van der Waals surface area contributed by atoms with E-state index in [2.05, 4.69) is 218 Å². The largest absolute Gasteiger partial charge is 0.456 e. The molecule has 4 aliphatic rings. The number of furan rings is 2. The summed E-state index contributed by atoms with van der Waals surface area (Å²) in [5, 5.41) is 4.48. The van der Waals surface area contributed by atoms with Crippen molar-refractivity contribution in [3.05, 3.63) is 173 Å². The quantitative estimate of drug-likeness (QED) is 0.165. The van der Waals surface area contributed by atoms with Gasteiger partial charge in [0.25, 0.3) is 0 Å². The van der Waals surface area contributed by atoms with Crippen LogP contribution in [0, 0.1) is 6.92 Å². The minimum Gasteiger partial charge on any atom is -0.456 e. The molecule has 2 aliphatic heterocycles. The number of benzene rings is 8. The van der Waals surface area contributed by atoms with Crippen LogP contribution in [0.2, 0.25) is 0 Å². The molecule has 0 saturated heterocycles. The summed E-state index contributed by atoms with van der Waals surface area (Å²) >= 11 is 0. The van der Waals surface area contributed by atoms with E-state index in [4.69, 9.17) is 8.83 Å². The van der Waals surface area contributed by atoms with Gasteiger partial charge in [-0.1, -0.05) is 146 Å². The molecule has 4 nitrogen and oxygen atoms in total. The van der Waals surface area contributed by atoms with Crippen molar-refractivity contribution < 1.29 is 8.83 Å². The van der Waals surface area contributed by atoms with Gasteiger partial charge in [0, 0.05) is 61.1 Å². The molecule has 2 aliphatic carbocycles. The minimum atomic E-state index is -0.216. The van der Waals surface area contributed by atoms with Crippen LogP contribution >= 0.6 is 0 Å². The average Bonchev–Trinajstić information content (AvgIpc) is 3.91. The molecule has 0 atom stereocenters. The second-order valence-electron chi connectivity index (χ2n) is 23.8. The summed E-state index contributed by atoms with van der Waals surface area (Å²) in [6.07, 6.45) is 4.62. The van der Waals surface area contributed by atoms with Gasteiger partial charge in [0.15, 0.2) is 0 Å². The van der Waals surface area contributed by atoms with Crippen molar-refractivity contribution in [2.75, 3.05) is 9.71 Å². The van der Waals surface area contributed by atoms with E-state index in [1.54, 1.807) is 0 Å². The number of hydrogen-bond donors (Lipinski definition) is 0. The van der Waals surface area contributed by atoms with E-state index in [1.807, 2.05) is 0 Å². The lowest BCUT2D eigenvalue weighted by Gasteiger charge is -2.48. The van der Waals surface area contributed by atoms with Crippen molar-refractivity contribution in [3.63, 3.8) is 0 Å². The van der Waals surface area contributed by atoms with Crippen LogP contribution < -0.4 is 20.6 Å². The SMILES string of the molecule is Cc1cc2c(cc1N1c3ccc(-c4ccccc4)cc3B3c4c1cc1c(oc5ccccc51)c4-c1cc4oc5ccccc5c4cc1N3c1ccc3c(c1)C(C)(C)CCC3(C)C)C(C)(C)CCC2(C)C. The Bertz CT molecular complexity index is 3880. The number of aryl methyl sites for hydroxylation is 1. The van der Waals surface area contributed by atoms with E-state index in [0.29, 0.717) is 0 Å². The van der Waals surface area contributed by atoms with Crippen molar-refractivity contribution in [3.8, 4) is 22.3 Å². The Hall–Kier alpha value is -6.98. The van der Waals surface area contributed by atoms with E-state index < -0.39 is 0 Å². The Balaban J connectivity index is 1.16. The van der Waals surface area contributed by atoms with Gasteiger partial charge in [-0.15, -0.1) is 0 Å². The number of nitrogens with zero attached hydrogens (tertiary/aromatic N) is 2. The summed E-state index contributed by atoms with van der Waals surface area (Å²) in [6, 6.07) is 55.1. The van der Waals surface area contributed by atoms with Crippen LogP contribution in [0.25, 0.3) is 66.1 Å². The second-order valence-corrected chi connectivity index (χ2v) is 23.8. The third kappa shape index (κ3) is 5.78. The molecule has 70 heavy (non-hydrogen) atoms. The van der Waals surface area contributed by atoms with Crippen LogP contribution in [-0.2, 0) is 21.7 Å². The fourth-order valence-corrected chi connectivity index (χ4v) is 13.5. The first kappa shape index (κ1) is 42.0. The number of rotatable bonds is 3. The maximum Gasteiger partial charge on any atom is 0.333 e. The molecule has 4 heterocycles. The molecule has 0 spiro atoms. The number of hydrogen-bond acceptors (Lipinski definition) is 4. The maximum atomic E-state index is 7.22. The highest BCUT2D eigenvalue weighted by Crippen LogP contribution is 2.56. The highest BCUT2D eigenvalue weighted by Gasteiger charge is 2.49. The zero-order chi connectivity index (χ0) is 47.8. The molecule has 2 aromatic heterocycles. The molecule has 0 fully saturated rings. The molecule has 5 heteroatoms. The molecule has 0 unspecified atom stereocenters. The standard InChI is InChI=1S/C65H59BN2O2/c1-38-31-48-50(65(8,9)30-29-63(48,4)5)37-53(38)67-52-26-23-40(39-17-11-10-12-18-39)32-51(52)66-60-55(67)35-45-43-20-14-16-22-57(43)70-61(45)59(60)46-36-58-44(42-19-13-15-21-56(42)69-58)34-54(46)68(66)41-24-25-47-49(33-41)64(6,7)28-27-62(47,2)3/h10-26,31-37H,27-30H2,1-9H3. The molecular weight excluding hydrogens is 852 g/mol. The van der Waals surface area contributed by atoms with Gasteiger partial charge in [0.05, 0.1) is 0 Å². The second kappa shape index (κ2) is 14.1. The Morgan fingerprint density at radius 2 is 1.04 bits per heavy atom. The lowest BCUT2D eigenvalue weighted by atomic mass is 9.43. The van der Waals surface area contributed by atoms with Gasteiger partial charge in [-0.3, -0.25) is 0 Å². The zero-order valence-corrected chi connectivity index (χ0v) is 42.0. The van der Waals surface area contributed by atoms with Gasteiger partial charge < -0.3 is 18.5 Å². The number of anilines is 5. The van der Waals surface area contributed by atoms with Gasteiger partial charge in [-0.2, -0.15) is 0 Å². The number of fused-ring (bicyclic) bond motifs is 13. The molecule has 0 amide bonds. The van der Waals surface area contributed by atoms with Gasteiger partial charge in [-0.25, -0.2) is 0 Å². The fourth-order valence-electron chi connectivity index (χ4n) is 13.5. The Morgan fingerprint density at radius 1 is 0.443 bits per heavy atom. The molecule has 14 rings (SSSR count). The molecule has 0 bridgehead atoms. The summed E-state index contributed by atoms with van der Waals surface area (Å²) in [5.74, 6) is 0. The zero-order valence-electron chi connectivity index (χ0n) is 42.0. The fraction of sp³-hybridized carbons (Fsp3) is 0.262. The van der Waals surface area contributed by atoms with Crippen LogP contribution in [0.4, 0.5) is 28.4 Å². The van der Waals surface area contributed by atoms with Gasteiger partial charge in [0.2, 0.25) is 0 Å². The Morgan fingerprint density at radius 3 is 1.76 bits per heavy atom. The monoisotopic (exact) mass is 910 g/mol. The van der Waals surface area contributed by atoms with Crippen molar-refractivity contribution in [2.24, 2.45) is 0 Å². The molecule has 344 valence electrons. The van der Waals surface area contributed by atoms with E-state index in [9.17, 15) is 0 Å². The summed E-state index contributed by atoms with van der Waals surface area (Å²) in [7, 11) is 0. The maximum absolute atomic E-state index is 7.22. The van der Waals surface area contributed by atoms with Gasteiger partial charge in [0.1, 0.15) is 22.3 Å². The van der Waals surface area contributed by atoms with Crippen LogP contribution in [0.1, 0.15) is 109 Å². The average molecular weight is 911 g/mol. The smallest absolute Gasteiger partial charge is 0.333 e. The predicted octanol–water partition coefficient (Wildman–Crippen LogP) is 16.9. The molecule has 10 aromatic rings. The van der Waals surface area contributed by atoms with Crippen LogP contribution in [-0.4, -0.2) is 6.85 Å². The lowest BCUT2D eigenvalue weighted by Crippen LogP contribution is -2.61. The van der Waals surface area contributed by atoms with Crippen molar-refractivity contribution >= 4 is 90.1 Å². The van der Waals surface area contributed by atoms with Gasteiger partial charge in [-0.05, 0) is 159 Å². The Kier molecular flexibility index (Phi) is 8.45. The first-order valence-electron chi connectivity index (χ1n) is 25.6. The summed E-state index contributed by atoms with van der Waals surface area (Å²) in [6.45, 7) is 21.7. The predicted molar refractivity (Wildman–Crippen MR) is 295 cm³/mol. The van der Waals surface area contributed by atoms with Crippen LogP contribution in [0.3, 0.4) is 0 Å². The number of para-hydroxylation sites is 2. The van der Waals surface area contributed by atoms with Crippen molar-refractivity contribution in [1.29, 1.82) is 0 Å². The first-order chi connectivity index (χ1) is 33.6. The van der Waals surface area contributed by atoms with Gasteiger partial charge >= 0.3 is 6.85 Å². The van der Waals surface area contributed by atoms with Crippen molar-refractivity contribution in [2.45, 2.75) is 110 Å². The van der Waals surface area contributed by atoms with E-state index in [-0.39, 0.29) is 28.5 Å². The van der Waals surface area contributed by atoms with Crippen LogP contribution in [0.15, 0.2) is 154 Å².